The van der Waals surface area contributed by atoms with Gasteiger partial charge < -0.3 is 10.1 Å². The van der Waals surface area contributed by atoms with Crippen molar-refractivity contribution >= 4 is 27.6 Å². The van der Waals surface area contributed by atoms with E-state index in [1.54, 1.807) is 18.2 Å². The molecule has 0 bridgehead atoms. The van der Waals surface area contributed by atoms with Gasteiger partial charge in [-0.2, -0.15) is 0 Å². The van der Waals surface area contributed by atoms with Crippen LogP contribution >= 0.6 is 0 Å². The Labute approximate surface area is 160 Å². The monoisotopic (exact) mass is 412 g/mol. The molecular weight excluding hydrogens is 394 g/mol. The molecule has 2 aromatic carbocycles. The summed E-state index contributed by atoms with van der Waals surface area (Å²) < 4.78 is 57.5. The van der Waals surface area contributed by atoms with Gasteiger partial charge in [-0.25, -0.2) is 21.9 Å². The lowest BCUT2D eigenvalue weighted by atomic mass is 10.2. The maximum atomic E-state index is 13.5. The van der Waals surface area contributed by atoms with E-state index in [1.165, 1.54) is 19.1 Å². The summed E-state index contributed by atoms with van der Waals surface area (Å²) in [6.07, 6.45) is -1.57. The standard InChI is InChI=1S/C18H18F2N2O5S/c1-12(18(24)22-16-8-7-13(19)11-15(16)20)27-17(23)9-10-21-28(25,26)14-5-3-2-4-6-14/h2-8,11-12,21H,9-10H2,1H3,(H,22,24)/t12-/m0/s1. The molecule has 0 saturated carbocycles. The third-order valence-electron chi connectivity index (χ3n) is 3.54. The fourth-order valence-corrected chi connectivity index (χ4v) is 3.16. The van der Waals surface area contributed by atoms with Crippen LogP contribution in [0.3, 0.4) is 0 Å². The van der Waals surface area contributed by atoms with Gasteiger partial charge in [0, 0.05) is 12.6 Å². The minimum absolute atomic E-state index is 0.0532. The Hall–Kier alpha value is -2.85. The SMILES string of the molecule is C[C@H](OC(=O)CCNS(=O)(=O)c1ccccc1)C(=O)Nc1ccc(F)cc1F. The number of carbonyl (C=O) groups is 2. The Morgan fingerprint density at radius 1 is 1.11 bits per heavy atom. The Kier molecular flexibility index (Phi) is 7.18. The molecule has 150 valence electrons. The molecule has 0 unspecified atom stereocenters. The first kappa shape index (κ1) is 21.5. The molecule has 0 aromatic heterocycles. The topological polar surface area (TPSA) is 102 Å². The van der Waals surface area contributed by atoms with Crippen LogP contribution < -0.4 is 10.0 Å². The first-order valence-electron chi connectivity index (χ1n) is 8.19. The smallest absolute Gasteiger partial charge is 0.307 e. The highest BCUT2D eigenvalue weighted by molar-refractivity contribution is 7.89. The van der Waals surface area contributed by atoms with E-state index in [0.29, 0.717) is 6.07 Å². The van der Waals surface area contributed by atoms with Gasteiger partial charge in [0.25, 0.3) is 5.91 Å². The Morgan fingerprint density at radius 3 is 2.43 bits per heavy atom. The van der Waals surface area contributed by atoms with E-state index < -0.39 is 39.6 Å². The minimum atomic E-state index is -3.76. The average Bonchev–Trinajstić information content (AvgIpc) is 2.64. The quantitative estimate of drug-likeness (QED) is 0.648. The zero-order valence-corrected chi connectivity index (χ0v) is 15.6. The highest BCUT2D eigenvalue weighted by atomic mass is 32.2. The van der Waals surface area contributed by atoms with Gasteiger partial charge in [0.15, 0.2) is 6.10 Å². The summed E-state index contributed by atoms with van der Waals surface area (Å²) in [4.78, 5) is 23.8. The Morgan fingerprint density at radius 2 is 1.79 bits per heavy atom. The zero-order valence-electron chi connectivity index (χ0n) is 14.8. The molecule has 10 heteroatoms. The number of esters is 1. The molecule has 1 amide bonds. The third-order valence-corrected chi connectivity index (χ3v) is 5.02. The number of anilines is 1. The number of ether oxygens (including phenoxy) is 1. The fraction of sp³-hybridized carbons (Fsp3) is 0.222. The second kappa shape index (κ2) is 9.38. The predicted molar refractivity (Wildman–Crippen MR) is 96.8 cm³/mol. The maximum absolute atomic E-state index is 13.5. The number of hydrogen-bond donors (Lipinski definition) is 2. The molecule has 0 saturated heterocycles. The first-order valence-corrected chi connectivity index (χ1v) is 9.67. The molecule has 0 aliphatic carbocycles. The molecule has 0 spiro atoms. The molecule has 28 heavy (non-hydrogen) atoms. The van der Waals surface area contributed by atoms with Crippen LogP contribution in [-0.2, 0) is 24.3 Å². The van der Waals surface area contributed by atoms with Crippen LogP contribution in [0.25, 0.3) is 0 Å². The second-order valence-corrected chi connectivity index (χ2v) is 7.47. The van der Waals surface area contributed by atoms with Crippen LogP contribution in [0, 0.1) is 11.6 Å². The van der Waals surface area contributed by atoms with E-state index in [2.05, 4.69) is 10.0 Å². The molecular formula is C18H18F2N2O5S. The Bertz CT molecular complexity index is 952. The van der Waals surface area contributed by atoms with Crippen LogP contribution in [0.2, 0.25) is 0 Å². The third kappa shape index (κ3) is 6.10. The van der Waals surface area contributed by atoms with Crippen molar-refractivity contribution in [1.29, 1.82) is 0 Å². The normalized spacial score (nSPS) is 12.2. The number of rotatable bonds is 8. The van der Waals surface area contributed by atoms with Crippen molar-refractivity contribution in [3.8, 4) is 0 Å². The predicted octanol–water partition coefficient (Wildman–Crippen LogP) is 2.20. The lowest BCUT2D eigenvalue weighted by Crippen LogP contribution is -2.32. The molecule has 0 aliphatic heterocycles. The molecule has 2 N–H and O–H groups in total. The number of hydrogen-bond acceptors (Lipinski definition) is 5. The number of halogens is 2. The second-order valence-electron chi connectivity index (χ2n) is 5.71. The number of amides is 1. The largest absolute Gasteiger partial charge is 0.452 e. The lowest BCUT2D eigenvalue weighted by Gasteiger charge is -2.14. The molecule has 0 radical (unpaired) electrons. The number of nitrogens with one attached hydrogen (secondary N) is 2. The van der Waals surface area contributed by atoms with E-state index in [9.17, 15) is 26.8 Å². The summed E-state index contributed by atoms with van der Waals surface area (Å²) in [5.41, 5.74) is -0.259. The van der Waals surface area contributed by atoms with Crippen molar-refractivity contribution in [2.24, 2.45) is 0 Å². The van der Waals surface area contributed by atoms with E-state index in [1.807, 2.05) is 0 Å². The van der Waals surface area contributed by atoms with Gasteiger partial charge in [-0.1, -0.05) is 18.2 Å². The zero-order chi connectivity index (χ0) is 20.7. The number of carbonyl (C=O) groups excluding carboxylic acids is 2. The van der Waals surface area contributed by atoms with Crippen molar-refractivity contribution in [2.75, 3.05) is 11.9 Å². The molecule has 7 nitrogen and oxygen atoms in total. The van der Waals surface area contributed by atoms with Gasteiger partial charge in [0.2, 0.25) is 10.0 Å². The van der Waals surface area contributed by atoms with Gasteiger partial charge in [0.1, 0.15) is 11.6 Å². The molecule has 0 heterocycles. The first-order chi connectivity index (χ1) is 13.2. The highest BCUT2D eigenvalue weighted by Gasteiger charge is 2.20. The fourth-order valence-electron chi connectivity index (χ4n) is 2.11. The van der Waals surface area contributed by atoms with E-state index in [0.717, 1.165) is 12.1 Å². The van der Waals surface area contributed by atoms with Crippen molar-refractivity contribution in [2.45, 2.75) is 24.3 Å². The minimum Gasteiger partial charge on any atom is -0.452 e. The van der Waals surface area contributed by atoms with Crippen LogP contribution in [0.4, 0.5) is 14.5 Å². The maximum Gasteiger partial charge on any atom is 0.307 e. The number of sulfonamides is 1. The summed E-state index contributed by atoms with van der Waals surface area (Å²) in [5.74, 6) is -3.41. The van der Waals surface area contributed by atoms with E-state index >= 15 is 0 Å². The molecule has 2 aromatic rings. The van der Waals surface area contributed by atoms with Gasteiger partial charge in [0.05, 0.1) is 17.0 Å². The summed E-state index contributed by atoms with van der Waals surface area (Å²) in [5, 5.41) is 2.18. The van der Waals surface area contributed by atoms with Crippen LogP contribution in [0.5, 0.6) is 0 Å². The van der Waals surface area contributed by atoms with Crippen molar-refractivity contribution in [3.05, 3.63) is 60.2 Å². The van der Waals surface area contributed by atoms with Gasteiger partial charge in [-0.3, -0.25) is 9.59 Å². The summed E-state index contributed by atoms with van der Waals surface area (Å²) in [6, 6.07) is 10.2. The number of benzene rings is 2. The molecule has 0 fully saturated rings. The van der Waals surface area contributed by atoms with Crippen LogP contribution in [0.15, 0.2) is 53.4 Å². The molecule has 1 atom stereocenters. The van der Waals surface area contributed by atoms with Gasteiger partial charge in [-0.05, 0) is 31.2 Å². The van der Waals surface area contributed by atoms with Crippen LogP contribution in [-0.4, -0.2) is 32.9 Å². The van der Waals surface area contributed by atoms with Crippen LogP contribution in [0.1, 0.15) is 13.3 Å². The van der Waals surface area contributed by atoms with Crippen molar-refractivity contribution in [1.82, 2.24) is 4.72 Å². The molecule has 2 rings (SSSR count). The van der Waals surface area contributed by atoms with E-state index in [4.69, 9.17) is 4.74 Å². The lowest BCUT2D eigenvalue weighted by molar-refractivity contribution is -0.152. The summed E-state index contributed by atoms with van der Waals surface area (Å²) >= 11 is 0. The molecule has 0 aliphatic rings. The van der Waals surface area contributed by atoms with Gasteiger partial charge in [-0.15, -0.1) is 0 Å². The average molecular weight is 412 g/mol. The Balaban J connectivity index is 1.81. The van der Waals surface area contributed by atoms with Crippen molar-refractivity contribution in [3.63, 3.8) is 0 Å². The highest BCUT2D eigenvalue weighted by Crippen LogP contribution is 2.15. The van der Waals surface area contributed by atoms with E-state index in [-0.39, 0.29) is 23.5 Å². The van der Waals surface area contributed by atoms with Crippen molar-refractivity contribution < 1.29 is 31.5 Å². The summed E-state index contributed by atoms with van der Waals surface area (Å²) in [7, 11) is -3.76. The van der Waals surface area contributed by atoms with Gasteiger partial charge >= 0.3 is 5.97 Å². The summed E-state index contributed by atoms with van der Waals surface area (Å²) in [6.45, 7) is 1.04.